The van der Waals surface area contributed by atoms with Crippen LogP contribution in [0.25, 0.3) is 0 Å². The molecule has 1 saturated carbocycles. The monoisotopic (exact) mass is 339 g/mol. The summed E-state index contributed by atoms with van der Waals surface area (Å²) in [5.41, 5.74) is 1.43. The molecule has 4 heteroatoms. The lowest BCUT2D eigenvalue weighted by atomic mass is 9.91. The Hall–Kier alpha value is -0.640. The van der Waals surface area contributed by atoms with Crippen LogP contribution in [0, 0.1) is 5.41 Å². The molecule has 112 valence electrons. The maximum atomic E-state index is 4.88. The molecule has 1 aliphatic rings. The predicted octanol–water partition coefficient (Wildman–Crippen LogP) is 4.92. The molecule has 2 rings (SSSR count). The lowest BCUT2D eigenvalue weighted by molar-refractivity contribution is 0.399. The Morgan fingerprint density at radius 1 is 1.20 bits per heavy atom. The maximum Gasteiger partial charge on any atom is 0.144 e. The zero-order valence-corrected chi connectivity index (χ0v) is 14.7. The highest BCUT2D eigenvalue weighted by molar-refractivity contribution is 9.10. The summed E-state index contributed by atoms with van der Waals surface area (Å²) in [5, 5.41) is 3.37. The Kier molecular flexibility index (Phi) is 5.05. The molecular weight excluding hydrogens is 314 g/mol. The first-order chi connectivity index (χ1) is 9.40. The Labute approximate surface area is 131 Å². The van der Waals surface area contributed by atoms with E-state index >= 15 is 0 Å². The first-order valence-electron chi connectivity index (χ1n) is 7.71. The molecule has 0 spiro atoms. The zero-order chi connectivity index (χ0) is 14.8. The minimum absolute atomic E-state index is 0.213. The number of anilines is 1. The van der Waals surface area contributed by atoms with Crippen molar-refractivity contribution >= 4 is 21.7 Å². The molecule has 0 aromatic carbocycles. The molecule has 0 atom stereocenters. The van der Waals surface area contributed by atoms with Crippen molar-refractivity contribution in [1.29, 1.82) is 0 Å². The molecule has 20 heavy (non-hydrogen) atoms. The van der Waals surface area contributed by atoms with Gasteiger partial charge in [-0.05, 0) is 41.1 Å². The van der Waals surface area contributed by atoms with Gasteiger partial charge in [0.25, 0.3) is 0 Å². The number of nitrogens with one attached hydrogen (secondary N) is 1. The van der Waals surface area contributed by atoms with Gasteiger partial charge in [0.1, 0.15) is 11.6 Å². The van der Waals surface area contributed by atoms with Crippen LogP contribution in [0.1, 0.15) is 70.8 Å². The van der Waals surface area contributed by atoms with Crippen molar-refractivity contribution in [3.8, 4) is 0 Å². The van der Waals surface area contributed by atoms with Crippen LogP contribution in [0.4, 0.5) is 5.82 Å². The SMILES string of the molecule is CCNc1nc(CC(C)(C)C)nc(C2CCCC2)c1Br. The molecule has 0 bridgehead atoms. The summed E-state index contributed by atoms with van der Waals surface area (Å²) in [7, 11) is 0. The van der Waals surface area contributed by atoms with Crippen molar-refractivity contribution in [3.05, 3.63) is 16.0 Å². The van der Waals surface area contributed by atoms with Crippen molar-refractivity contribution in [2.24, 2.45) is 5.41 Å². The van der Waals surface area contributed by atoms with Gasteiger partial charge in [-0.3, -0.25) is 0 Å². The Bertz CT molecular complexity index is 460. The standard InChI is InChI=1S/C16H26BrN3/c1-5-18-15-13(17)14(11-8-6-7-9-11)19-12(20-15)10-16(2,3)4/h11H,5-10H2,1-4H3,(H,18,19,20). The van der Waals surface area contributed by atoms with Crippen molar-refractivity contribution in [2.75, 3.05) is 11.9 Å². The van der Waals surface area contributed by atoms with Gasteiger partial charge in [0.2, 0.25) is 0 Å². The zero-order valence-electron chi connectivity index (χ0n) is 13.1. The third-order valence-corrected chi connectivity index (χ3v) is 4.48. The highest BCUT2D eigenvalue weighted by Crippen LogP contribution is 2.39. The molecule has 1 aromatic rings. The second kappa shape index (κ2) is 6.42. The molecule has 0 radical (unpaired) electrons. The van der Waals surface area contributed by atoms with Gasteiger partial charge in [0.15, 0.2) is 0 Å². The highest BCUT2D eigenvalue weighted by Gasteiger charge is 2.25. The largest absolute Gasteiger partial charge is 0.369 e. The molecule has 3 nitrogen and oxygen atoms in total. The van der Waals surface area contributed by atoms with E-state index in [9.17, 15) is 0 Å². The molecule has 0 unspecified atom stereocenters. The minimum atomic E-state index is 0.213. The molecule has 1 aromatic heterocycles. The van der Waals surface area contributed by atoms with Crippen molar-refractivity contribution < 1.29 is 0 Å². The maximum absolute atomic E-state index is 4.88. The second-order valence-electron chi connectivity index (χ2n) is 6.94. The van der Waals surface area contributed by atoms with E-state index in [1.165, 1.54) is 31.4 Å². The molecule has 0 saturated heterocycles. The quantitative estimate of drug-likeness (QED) is 0.846. The summed E-state index contributed by atoms with van der Waals surface area (Å²) in [5.74, 6) is 2.53. The fourth-order valence-electron chi connectivity index (χ4n) is 2.82. The number of hydrogen-bond donors (Lipinski definition) is 1. The van der Waals surface area contributed by atoms with Crippen molar-refractivity contribution in [2.45, 2.75) is 65.7 Å². The van der Waals surface area contributed by atoms with Gasteiger partial charge in [-0.1, -0.05) is 33.6 Å². The van der Waals surface area contributed by atoms with Crippen LogP contribution in [0.15, 0.2) is 4.47 Å². The van der Waals surface area contributed by atoms with E-state index in [2.05, 4.69) is 48.9 Å². The van der Waals surface area contributed by atoms with Crippen LogP contribution in [-0.4, -0.2) is 16.5 Å². The summed E-state index contributed by atoms with van der Waals surface area (Å²) >= 11 is 3.72. The molecule has 0 amide bonds. The van der Waals surface area contributed by atoms with Gasteiger partial charge in [-0.2, -0.15) is 0 Å². The molecule has 1 N–H and O–H groups in total. The van der Waals surface area contributed by atoms with Gasteiger partial charge in [-0.25, -0.2) is 9.97 Å². The van der Waals surface area contributed by atoms with E-state index in [0.29, 0.717) is 5.92 Å². The second-order valence-corrected chi connectivity index (χ2v) is 7.73. The van der Waals surface area contributed by atoms with Gasteiger partial charge in [0, 0.05) is 18.9 Å². The van der Waals surface area contributed by atoms with Gasteiger partial charge in [0.05, 0.1) is 10.2 Å². The van der Waals surface area contributed by atoms with Gasteiger partial charge in [-0.15, -0.1) is 0 Å². The Morgan fingerprint density at radius 2 is 1.85 bits per heavy atom. The Balaban J connectivity index is 2.37. The van der Waals surface area contributed by atoms with Gasteiger partial charge < -0.3 is 5.32 Å². The number of nitrogens with zero attached hydrogens (tertiary/aromatic N) is 2. The fraction of sp³-hybridized carbons (Fsp3) is 0.750. The average Bonchev–Trinajstić information content (AvgIpc) is 2.85. The molecule has 1 fully saturated rings. The van der Waals surface area contributed by atoms with Crippen LogP contribution in [-0.2, 0) is 6.42 Å². The highest BCUT2D eigenvalue weighted by atomic mass is 79.9. The molecular formula is C16H26BrN3. The van der Waals surface area contributed by atoms with E-state index in [1.54, 1.807) is 0 Å². The number of halogens is 1. The summed E-state index contributed by atoms with van der Waals surface area (Å²) in [4.78, 5) is 9.59. The fourth-order valence-corrected chi connectivity index (χ4v) is 3.46. The summed E-state index contributed by atoms with van der Waals surface area (Å²) in [6.07, 6.45) is 6.09. The normalized spacial score (nSPS) is 16.6. The van der Waals surface area contributed by atoms with Crippen LogP contribution >= 0.6 is 15.9 Å². The van der Waals surface area contributed by atoms with E-state index < -0.39 is 0 Å². The van der Waals surface area contributed by atoms with E-state index in [-0.39, 0.29) is 5.41 Å². The van der Waals surface area contributed by atoms with Crippen LogP contribution in [0.3, 0.4) is 0 Å². The summed E-state index contributed by atoms with van der Waals surface area (Å²) < 4.78 is 1.07. The third kappa shape index (κ3) is 3.94. The number of rotatable bonds is 4. The smallest absolute Gasteiger partial charge is 0.144 e. The topological polar surface area (TPSA) is 37.8 Å². The predicted molar refractivity (Wildman–Crippen MR) is 88.3 cm³/mol. The summed E-state index contributed by atoms with van der Waals surface area (Å²) in [6.45, 7) is 9.70. The number of aromatic nitrogens is 2. The van der Waals surface area contributed by atoms with Crippen LogP contribution in [0.2, 0.25) is 0 Å². The first-order valence-corrected chi connectivity index (χ1v) is 8.50. The van der Waals surface area contributed by atoms with Crippen LogP contribution in [0.5, 0.6) is 0 Å². The Morgan fingerprint density at radius 3 is 2.40 bits per heavy atom. The van der Waals surface area contributed by atoms with Gasteiger partial charge >= 0.3 is 0 Å². The van der Waals surface area contributed by atoms with E-state index in [4.69, 9.17) is 9.97 Å². The van der Waals surface area contributed by atoms with Crippen molar-refractivity contribution in [1.82, 2.24) is 9.97 Å². The summed E-state index contributed by atoms with van der Waals surface area (Å²) in [6, 6.07) is 0. The van der Waals surface area contributed by atoms with Crippen LogP contribution < -0.4 is 5.32 Å². The van der Waals surface area contributed by atoms with E-state index in [1.807, 2.05) is 0 Å². The molecule has 0 aliphatic heterocycles. The lowest BCUT2D eigenvalue weighted by Crippen LogP contribution is -2.16. The van der Waals surface area contributed by atoms with E-state index in [0.717, 1.165) is 29.1 Å². The lowest BCUT2D eigenvalue weighted by Gasteiger charge is -2.20. The molecule has 1 aliphatic carbocycles. The minimum Gasteiger partial charge on any atom is -0.369 e. The first kappa shape index (κ1) is 15.7. The van der Waals surface area contributed by atoms with Crippen molar-refractivity contribution in [3.63, 3.8) is 0 Å². The average molecular weight is 340 g/mol. The molecule has 1 heterocycles. The number of hydrogen-bond acceptors (Lipinski definition) is 3. The third-order valence-electron chi connectivity index (χ3n) is 3.70.